The molecule has 4 nitrogen and oxygen atoms in total. The normalized spacial score (nSPS) is 15.7. The molecule has 1 aliphatic heterocycles. The van der Waals surface area contributed by atoms with Gasteiger partial charge in [0.15, 0.2) is 0 Å². The summed E-state index contributed by atoms with van der Waals surface area (Å²) >= 11 is 12.2. The quantitative estimate of drug-likeness (QED) is 0.342. The fraction of sp³-hybridized carbons (Fsp3) is 0.367. The number of benzene rings is 3. The Kier molecular flexibility index (Phi) is 9.44. The zero-order valence-corrected chi connectivity index (χ0v) is 22.6. The number of rotatable bonds is 9. The molecular weight excluding hydrogens is 489 g/mol. The molecule has 36 heavy (non-hydrogen) atoms. The number of hydrogen-bond acceptors (Lipinski definition) is 3. The highest BCUT2D eigenvalue weighted by Crippen LogP contribution is 2.24. The van der Waals surface area contributed by atoms with Gasteiger partial charge in [0.25, 0.3) is 5.91 Å². The Morgan fingerprint density at radius 1 is 0.833 bits per heavy atom. The van der Waals surface area contributed by atoms with Crippen LogP contribution in [-0.2, 0) is 6.54 Å². The van der Waals surface area contributed by atoms with E-state index in [4.69, 9.17) is 23.2 Å². The van der Waals surface area contributed by atoms with Crippen molar-refractivity contribution in [3.8, 4) is 11.1 Å². The van der Waals surface area contributed by atoms with Gasteiger partial charge in [-0.2, -0.15) is 0 Å². The third kappa shape index (κ3) is 7.57. The first-order valence-corrected chi connectivity index (χ1v) is 13.5. The van der Waals surface area contributed by atoms with Crippen molar-refractivity contribution in [3.63, 3.8) is 0 Å². The van der Waals surface area contributed by atoms with E-state index in [1.54, 1.807) is 0 Å². The molecule has 0 spiro atoms. The van der Waals surface area contributed by atoms with Gasteiger partial charge in [0.05, 0.1) is 10.0 Å². The van der Waals surface area contributed by atoms with Crippen LogP contribution in [0.25, 0.3) is 11.1 Å². The summed E-state index contributed by atoms with van der Waals surface area (Å²) in [7, 11) is 0. The van der Waals surface area contributed by atoms with Crippen molar-refractivity contribution in [3.05, 3.63) is 94.0 Å². The van der Waals surface area contributed by atoms with Gasteiger partial charge in [-0.1, -0.05) is 85.6 Å². The lowest BCUT2D eigenvalue weighted by molar-refractivity contribution is 0.0879. The Balaban J connectivity index is 1.30. The molecule has 1 amide bonds. The van der Waals surface area contributed by atoms with Gasteiger partial charge in [0.1, 0.15) is 0 Å². The minimum atomic E-state index is -0.00138. The Morgan fingerprint density at radius 3 is 2.11 bits per heavy atom. The van der Waals surface area contributed by atoms with Gasteiger partial charge >= 0.3 is 0 Å². The van der Waals surface area contributed by atoms with Crippen LogP contribution >= 0.6 is 23.2 Å². The summed E-state index contributed by atoms with van der Waals surface area (Å²) in [6.45, 7) is 10.1. The summed E-state index contributed by atoms with van der Waals surface area (Å²) < 4.78 is 0. The molecule has 1 fully saturated rings. The Hall–Kier alpha value is -2.37. The molecule has 0 bridgehead atoms. The van der Waals surface area contributed by atoms with Gasteiger partial charge < -0.3 is 5.32 Å². The van der Waals surface area contributed by atoms with E-state index in [0.29, 0.717) is 21.5 Å². The number of carbonyl (C=O) groups excluding carboxylic acids is 1. The molecule has 190 valence electrons. The lowest BCUT2D eigenvalue weighted by Crippen LogP contribution is -2.51. The third-order valence-corrected chi connectivity index (χ3v) is 7.42. The highest BCUT2D eigenvalue weighted by molar-refractivity contribution is 6.42. The van der Waals surface area contributed by atoms with Crippen LogP contribution in [0.5, 0.6) is 0 Å². The van der Waals surface area contributed by atoms with E-state index in [2.05, 4.69) is 41.1 Å². The lowest BCUT2D eigenvalue weighted by atomic mass is 10.0. The van der Waals surface area contributed by atoms with E-state index in [-0.39, 0.29) is 11.9 Å². The molecule has 0 radical (unpaired) electrons. The van der Waals surface area contributed by atoms with Gasteiger partial charge in [-0.05, 0) is 53.3 Å². The molecular formula is C30H35Cl2N3O. The fourth-order valence-corrected chi connectivity index (χ4v) is 5.12. The number of hydrogen-bond donors (Lipinski definition) is 1. The maximum atomic E-state index is 13.1. The third-order valence-electron chi connectivity index (χ3n) is 6.68. The summed E-state index contributed by atoms with van der Waals surface area (Å²) in [5, 5.41) is 4.51. The predicted molar refractivity (Wildman–Crippen MR) is 151 cm³/mol. The summed E-state index contributed by atoms with van der Waals surface area (Å²) in [4.78, 5) is 18.0. The molecule has 1 atom stereocenters. The maximum absolute atomic E-state index is 13.1. The van der Waals surface area contributed by atoms with E-state index in [9.17, 15) is 4.79 Å². The molecule has 1 N–H and O–H groups in total. The minimum absolute atomic E-state index is 0.00138. The molecule has 3 aromatic rings. The van der Waals surface area contributed by atoms with Crippen molar-refractivity contribution < 1.29 is 4.79 Å². The van der Waals surface area contributed by atoms with Crippen molar-refractivity contribution in [2.45, 2.75) is 32.9 Å². The second-order valence-corrected chi connectivity index (χ2v) is 10.9. The summed E-state index contributed by atoms with van der Waals surface area (Å²) in [6, 6.07) is 24.1. The largest absolute Gasteiger partial charge is 0.348 e. The zero-order valence-electron chi connectivity index (χ0n) is 21.1. The van der Waals surface area contributed by atoms with Crippen LogP contribution in [0.3, 0.4) is 0 Å². The second-order valence-electron chi connectivity index (χ2n) is 10.1. The van der Waals surface area contributed by atoms with Crippen molar-refractivity contribution >= 4 is 29.1 Å². The topological polar surface area (TPSA) is 35.6 Å². The average molecular weight is 525 g/mol. The maximum Gasteiger partial charge on any atom is 0.251 e. The average Bonchev–Trinajstić information content (AvgIpc) is 2.87. The monoisotopic (exact) mass is 523 g/mol. The van der Waals surface area contributed by atoms with Gasteiger partial charge in [0, 0.05) is 50.9 Å². The summed E-state index contributed by atoms with van der Waals surface area (Å²) in [6.07, 6.45) is 0.956. The lowest BCUT2D eigenvalue weighted by Gasteiger charge is -2.37. The van der Waals surface area contributed by atoms with Crippen molar-refractivity contribution in [2.24, 2.45) is 5.92 Å². The molecule has 0 aromatic heterocycles. The van der Waals surface area contributed by atoms with Crippen LogP contribution in [0.4, 0.5) is 0 Å². The van der Waals surface area contributed by atoms with Gasteiger partial charge in [-0.25, -0.2) is 0 Å². The Bertz CT molecular complexity index is 1130. The van der Waals surface area contributed by atoms with Crippen LogP contribution in [0.2, 0.25) is 10.0 Å². The number of halogens is 2. The van der Waals surface area contributed by atoms with Crippen molar-refractivity contribution in [1.82, 2.24) is 15.1 Å². The smallest absolute Gasteiger partial charge is 0.251 e. The standard InChI is InChI=1S/C30H35Cl2N3O/c1-22(2)18-27(33-30(36)26-11-9-25(10-12-26)24-6-4-3-5-7-24)21-35-16-14-34(15-17-35)20-23-8-13-28(31)29(32)19-23/h3-13,19,22,27H,14-18,20-21H2,1-2H3,(H,33,36)/t27-/m1/s1. The number of piperazine rings is 1. The first-order chi connectivity index (χ1) is 17.4. The highest BCUT2D eigenvalue weighted by Gasteiger charge is 2.22. The number of amides is 1. The second kappa shape index (κ2) is 12.7. The molecule has 6 heteroatoms. The molecule has 0 saturated carbocycles. The predicted octanol–water partition coefficient (Wildman–Crippen LogP) is 6.62. The first kappa shape index (κ1) is 26.7. The van der Waals surface area contributed by atoms with Gasteiger partial charge in [-0.15, -0.1) is 0 Å². The minimum Gasteiger partial charge on any atom is -0.348 e. The van der Waals surface area contributed by atoms with E-state index in [1.807, 2.05) is 60.7 Å². The molecule has 0 aliphatic carbocycles. The highest BCUT2D eigenvalue weighted by atomic mass is 35.5. The molecule has 4 rings (SSSR count). The molecule has 3 aromatic carbocycles. The summed E-state index contributed by atoms with van der Waals surface area (Å²) in [5.74, 6) is 0.505. The number of nitrogens with zero attached hydrogens (tertiary/aromatic N) is 2. The Labute approximate surface area is 225 Å². The van der Waals surface area contributed by atoms with Crippen molar-refractivity contribution in [2.75, 3.05) is 32.7 Å². The van der Waals surface area contributed by atoms with E-state index >= 15 is 0 Å². The number of nitrogens with one attached hydrogen (secondary N) is 1. The van der Waals surface area contributed by atoms with E-state index < -0.39 is 0 Å². The van der Waals surface area contributed by atoms with Crippen LogP contribution in [-0.4, -0.2) is 54.5 Å². The van der Waals surface area contributed by atoms with Crippen LogP contribution < -0.4 is 5.32 Å². The molecule has 1 aliphatic rings. The molecule has 0 unspecified atom stereocenters. The number of carbonyl (C=O) groups is 1. The Morgan fingerprint density at radius 2 is 1.47 bits per heavy atom. The van der Waals surface area contributed by atoms with Gasteiger partial charge in [-0.3, -0.25) is 14.6 Å². The zero-order chi connectivity index (χ0) is 25.5. The SMILES string of the molecule is CC(C)C[C@H](CN1CCN(Cc2ccc(Cl)c(Cl)c2)CC1)NC(=O)c1ccc(-c2ccccc2)cc1. The first-order valence-electron chi connectivity index (χ1n) is 12.7. The van der Waals surface area contributed by atoms with Crippen molar-refractivity contribution in [1.29, 1.82) is 0 Å². The van der Waals surface area contributed by atoms with E-state index in [0.717, 1.165) is 56.8 Å². The van der Waals surface area contributed by atoms with Gasteiger partial charge in [0.2, 0.25) is 0 Å². The molecule has 1 heterocycles. The van der Waals surface area contributed by atoms with Crippen LogP contribution in [0.15, 0.2) is 72.8 Å². The molecule has 1 saturated heterocycles. The van der Waals surface area contributed by atoms with Crippen LogP contribution in [0.1, 0.15) is 36.2 Å². The fourth-order valence-electron chi connectivity index (χ4n) is 4.80. The van der Waals surface area contributed by atoms with Crippen LogP contribution in [0, 0.1) is 5.92 Å². The summed E-state index contributed by atoms with van der Waals surface area (Å²) in [5.41, 5.74) is 4.15. The van der Waals surface area contributed by atoms with E-state index in [1.165, 1.54) is 5.56 Å².